The molecule has 6 heteroatoms. The van der Waals surface area contributed by atoms with Crippen LogP contribution in [0.25, 0.3) is 0 Å². The van der Waals surface area contributed by atoms with E-state index in [0.717, 1.165) is 34.9 Å². The highest BCUT2D eigenvalue weighted by Crippen LogP contribution is 2.21. The Balaban J connectivity index is 1.52. The Morgan fingerprint density at radius 2 is 1.81 bits per heavy atom. The third kappa shape index (κ3) is 5.89. The summed E-state index contributed by atoms with van der Waals surface area (Å²) in [7, 11) is 0. The number of halogens is 1. The minimum atomic E-state index is -0.219. The van der Waals surface area contributed by atoms with Crippen LogP contribution in [0.2, 0.25) is 0 Å². The van der Waals surface area contributed by atoms with Gasteiger partial charge < -0.3 is 5.32 Å². The molecule has 0 aliphatic heterocycles. The highest BCUT2D eigenvalue weighted by atomic mass is 32.2. The number of hydrogen-bond donors (Lipinski definition) is 1. The molecule has 1 amide bonds. The Labute approximate surface area is 162 Å². The van der Waals surface area contributed by atoms with E-state index >= 15 is 0 Å². The van der Waals surface area contributed by atoms with E-state index in [-0.39, 0.29) is 11.7 Å². The second-order valence-electron chi connectivity index (χ2n) is 5.94. The molecule has 0 saturated heterocycles. The van der Waals surface area contributed by atoms with E-state index in [1.807, 2.05) is 18.2 Å². The molecular formula is C21H20FN3OS. The lowest BCUT2D eigenvalue weighted by Gasteiger charge is -2.09. The van der Waals surface area contributed by atoms with Crippen molar-refractivity contribution < 1.29 is 9.18 Å². The maximum Gasteiger partial charge on any atom is 0.254 e. The van der Waals surface area contributed by atoms with Crippen molar-refractivity contribution in [2.75, 3.05) is 5.75 Å². The van der Waals surface area contributed by atoms with Crippen LogP contribution in [0.1, 0.15) is 28.0 Å². The standard InChI is InChI=1S/C21H20FN3OS/c22-17-10-8-16(9-11-17)5-4-14-27-21-19(7-3-13-24-21)20(26)25-15-18-6-1-2-12-23-18/h1-3,6-13H,4-5,14-15H2,(H,25,26). The van der Waals surface area contributed by atoms with Crippen LogP contribution in [0, 0.1) is 5.82 Å². The van der Waals surface area contributed by atoms with Crippen molar-refractivity contribution in [3.8, 4) is 0 Å². The van der Waals surface area contributed by atoms with E-state index < -0.39 is 0 Å². The van der Waals surface area contributed by atoms with Gasteiger partial charge in [0.15, 0.2) is 0 Å². The molecule has 0 radical (unpaired) electrons. The smallest absolute Gasteiger partial charge is 0.254 e. The quantitative estimate of drug-likeness (QED) is 0.468. The van der Waals surface area contributed by atoms with Gasteiger partial charge >= 0.3 is 0 Å². The summed E-state index contributed by atoms with van der Waals surface area (Å²) in [6.07, 6.45) is 5.18. The topological polar surface area (TPSA) is 54.9 Å². The molecule has 4 nitrogen and oxygen atoms in total. The molecule has 2 aromatic heterocycles. The molecule has 0 unspecified atom stereocenters. The van der Waals surface area contributed by atoms with Gasteiger partial charge in [-0.3, -0.25) is 9.78 Å². The maximum absolute atomic E-state index is 12.9. The van der Waals surface area contributed by atoms with Crippen LogP contribution < -0.4 is 5.32 Å². The second kappa shape index (κ2) is 9.83. The number of aromatic nitrogens is 2. The Morgan fingerprint density at radius 1 is 1.00 bits per heavy atom. The zero-order valence-electron chi connectivity index (χ0n) is 14.8. The van der Waals surface area contributed by atoms with Gasteiger partial charge in [-0.15, -0.1) is 11.8 Å². The first-order valence-electron chi connectivity index (χ1n) is 8.73. The number of pyridine rings is 2. The number of nitrogens with zero attached hydrogens (tertiary/aromatic N) is 2. The molecule has 2 heterocycles. The number of hydrogen-bond acceptors (Lipinski definition) is 4. The summed E-state index contributed by atoms with van der Waals surface area (Å²) in [6.45, 7) is 0.378. The molecule has 0 aliphatic rings. The predicted molar refractivity (Wildman–Crippen MR) is 105 cm³/mol. The van der Waals surface area contributed by atoms with Gasteiger partial charge in [0.1, 0.15) is 10.8 Å². The monoisotopic (exact) mass is 381 g/mol. The van der Waals surface area contributed by atoms with Gasteiger partial charge in [-0.2, -0.15) is 0 Å². The SMILES string of the molecule is O=C(NCc1ccccn1)c1cccnc1SCCCc1ccc(F)cc1. The summed E-state index contributed by atoms with van der Waals surface area (Å²) in [5.41, 5.74) is 2.48. The van der Waals surface area contributed by atoms with E-state index in [2.05, 4.69) is 15.3 Å². The molecule has 0 spiro atoms. The predicted octanol–water partition coefficient (Wildman–Crippen LogP) is 4.27. The summed E-state index contributed by atoms with van der Waals surface area (Å²) >= 11 is 1.56. The molecule has 27 heavy (non-hydrogen) atoms. The highest BCUT2D eigenvalue weighted by Gasteiger charge is 2.12. The van der Waals surface area contributed by atoms with Gasteiger partial charge in [0, 0.05) is 12.4 Å². The number of carbonyl (C=O) groups excluding carboxylic acids is 1. The van der Waals surface area contributed by atoms with Crippen molar-refractivity contribution in [3.63, 3.8) is 0 Å². The zero-order valence-corrected chi connectivity index (χ0v) is 15.6. The van der Waals surface area contributed by atoms with E-state index in [1.165, 1.54) is 12.1 Å². The first kappa shape index (κ1) is 19.0. The Hall–Kier alpha value is -2.73. The largest absolute Gasteiger partial charge is 0.346 e. The van der Waals surface area contributed by atoms with Gasteiger partial charge in [0.2, 0.25) is 0 Å². The van der Waals surface area contributed by atoms with Crippen LogP contribution in [0.5, 0.6) is 0 Å². The molecule has 138 valence electrons. The highest BCUT2D eigenvalue weighted by molar-refractivity contribution is 7.99. The van der Waals surface area contributed by atoms with Crippen LogP contribution in [-0.2, 0) is 13.0 Å². The van der Waals surface area contributed by atoms with Crippen LogP contribution in [0.4, 0.5) is 4.39 Å². The third-order valence-electron chi connectivity index (χ3n) is 3.93. The molecule has 0 fully saturated rings. The normalized spacial score (nSPS) is 10.6. The molecule has 0 aliphatic carbocycles. The van der Waals surface area contributed by atoms with Gasteiger partial charge in [-0.25, -0.2) is 9.37 Å². The minimum absolute atomic E-state index is 0.158. The van der Waals surface area contributed by atoms with E-state index in [0.29, 0.717) is 12.1 Å². The fourth-order valence-electron chi connectivity index (χ4n) is 2.54. The van der Waals surface area contributed by atoms with Crippen molar-refractivity contribution in [3.05, 3.63) is 89.6 Å². The Kier molecular flexibility index (Phi) is 6.93. The van der Waals surface area contributed by atoms with Crippen LogP contribution in [0.15, 0.2) is 72.0 Å². The Morgan fingerprint density at radius 3 is 2.59 bits per heavy atom. The number of rotatable bonds is 8. The van der Waals surface area contributed by atoms with E-state index in [1.54, 1.807) is 48.4 Å². The first-order valence-corrected chi connectivity index (χ1v) is 9.71. The van der Waals surface area contributed by atoms with Crippen LogP contribution >= 0.6 is 11.8 Å². The molecule has 1 aromatic carbocycles. The number of aryl methyl sites for hydroxylation is 1. The van der Waals surface area contributed by atoms with Gasteiger partial charge in [-0.05, 0) is 60.6 Å². The molecule has 0 saturated carbocycles. The maximum atomic E-state index is 12.9. The summed E-state index contributed by atoms with van der Waals surface area (Å²) in [5.74, 6) is 0.451. The summed E-state index contributed by atoms with van der Waals surface area (Å²) < 4.78 is 12.9. The fraction of sp³-hybridized carbons (Fsp3) is 0.190. The Bertz CT molecular complexity index is 872. The molecular weight excluding hydrogens is 361 g/mol. The van der Waals surface area contributed by atoms with Gasteiger partial charge in [0.05, 0.1) is 17.8 Å². The van der Waals surface area contributed by atoms with Crippen molar-refractivity contribution in [1.82, 2.24) is 15.3 Å². The second-order valence-corrected chi connectivity index (χ2v) is 7.02. The van der Waals surface area contributed by atoms with Crippen LogP contribution in [-0.4, -0.2) is 21.6 Å². The first-order chi connectivity index (χ1) is 13.2. The van der Waals surface area contributed by atoms with Crippen molar-refractivity contribution in [1.29, 1.82) is 0 Å². The summed E-state index contributed by atoms with van der Waals surface area (Å²) in [5, 5.41) is 3.60. The van der Waals surface area contributed by atoms with Gasteiger partial charge in [-0.1, -0.05) is 18.2 Å². The average Bonchev–Trinajstić information content (AvgIpc) is 2.72. The third-order valence-corrected chi connectivity index (χ3v) is 5.03. The van der Waals surface area contributed by atoms with Crippen molar-refractivity contribution in [2.45, 2.75) is 24.4 Å². The van der Waals surface area contributed by atoms with Crippen LogP contribution in [0.3, 0.4) is 0 Å². The van der Waals surface area contributed by atoms with E-state index in [4.69, 9.17) is 0 Å². The molecule has 0 bridgehead atoms. The number of carbonyl (C=O) groups is 1. The zero-order chi connectivity index (χ0) is 18.9. The number of benzene rings is 1. The lowest BCUT2D eigenvalue weighted by atomic mass is 10.1. The fourth-order valence-corrected chi connectivity index (χ4v) is 3.48. The van der Waals surface area contributed by atoms with E-state index in [9.17, 15) is 9.18 Å². The molecule has 1 N–H and O–H groups in total. The lowest BCUT2D eigenvalue weighted by Crippen LogP contribution is -2.24. The average molecular weight is 381 g/mol. The van der Waals surface area contributed by atoms with Gasteiger partial charge in [0.25, 0.3) is 5.91 Å². The number of amides is 1. The summed E-state index contributed by atoms with van der Waals surface area (Å²) in [6, 6.07) is 15.7. The molecule has 3 aromatic rings. The number of nitrogens with one attached hydrogen (secondary N) is 1. The number of thioether (sulfide) groups is 1. The molecule has 0 atom stereocenters. The van der Waals surface area contributed by atoms with Crippen molar-refractivity contribution >= 4 is 17.7 Å². The van der Waals surface area contributed by atoms with Crippen molar-refractivity contribution in [2.24, 2.45) is 0 Å². The minimum Gasteiger partial charge on any atom is -0.346 e. The molecule has 3 rings (SSSR count). The lowest BCUT2D eigenvalue weighted by molar-refractivity contribution is 0.0946. The summed E-state index contributed by atoms with van der Waals surface area (Å²) in [4.78, 5) is 21.0.